The molecule has 2 rings (SSSR count). The van der Waals surface area contributed by atoms with Crippen LogP contribution in [0.3, 0.4) is 0 Å². The van der Waals surface area contributed by atoms with E-state index in [1.54, 1.807) is 17.0 Å². The summed E-state index contributed by atoms with van der Waals surface area (Å²) in [6.07, 6.45) is -2.87. The summed E-state index contributed by atoms with van der Waals surface area (Å²) in [5, 5.41) is 2.94. The van der Waals surface area contributed by atoms with Crippen molar-refractivity contribution in [2.75, 3.05) is 33.9 Å². The highest BCUT2D eigenvalue weighted by Gasteiger charge is 2.29. The zero-order valence-electron chi connectivity index (χ0n) is 16.4. The third-order valence-electron chi connectivity index (χ3n) is 4.55. The van der Waals surface area contributed by atoms with Crippen molar-refractivity contribution in [3.63, 3.8) is 0 Å². The molecule has 1 aromatic rings. The SMILES string of the molecule is COC(=O)N1CCC(NC(=O)CCc2ccc(OCC(F)(F)F)c(OC)c2)CC1. The maximum Gasteiger partial charge on any atom is 0.422 e. The molecule has 0 atom stereocenters. The summed E-state index contributed by atoms with van der Waals surface area (Å²) in [7, 11) is 2.67. The lowest BCUT2D eigenvalue weighted by Gasteiger charge is -2.31. The molecular formula is C19H25F3N2O5. The van der Waals surface area contributed by atoms with E-state index < -0.39 is 12.8 Å². The van der Waals surface area contributed by atoms with Crippen LogP contribution in [0.15, 0.2) is 18.2 Å². The predicted octanol–water partition coefficient (Wildman–Crippen LogP) is 2.92. The Morgan fingerprint density at radius 2 is 1.86 bits per heavy atom. The number of methoxy groups -OCH3 is 2. The van der Waals surface area contributed by atoms with Crippen molar-refractivity contribution in [3.8, 4) is 11.5 Å². The summed E-state index contributed by atoms with van der Waals surface area (Å²) < 4.78 is 51.4. The number of hydrogen-bond donors (Lipinski definition) is 1. The number of alkyl halides is 3. The first-order valence-corrected chi connectivity index (χ1v) is 9.20. The molecule has 1 fully saturated rings. The van der Waals surface area contributed by atoms with E-state index in [4.69, 9.17) is 9.47 Å². The van der Waals surface area contributed by atoms with Gasteiger partial charge in [-0.3, -0.25) is 4.79 Å². The summed E-state index contributed by atoms with van der Waals surface area (Å²) >= 11 is 0. The fourth-order valence-electron chi connectivity index (χ4n) is 3.04. The first-order valence-electron chi connectivity index (χ1n) is 9.20. The molecule has 1 aliphatic rings. The Hall–Kier alpha value is -2.65. The summed E-state index contributed by atoms with van der Waals surface area (Å²) in [5.41, 5.74) is 0.747. The van der Waals surface area contributed by atoms with Crippen LogP contribution in [0.5, 0.6) is 11.5 Å². The van der Waals surface area contributed by atoms with Crippen LogP contribution in [0, 0.1) is 0 Å². The molecule has 1 heterocycles. The number of halogens is 3. The van der Waals surface area contributed by atoms with Crippen molar-refractivity contribution in [1.29, 1.82) is 0 Å². The summed E-state index contributed by atoms with van der Waals surface area (Å²) in [4.78, 5) is 25.3. The molecule has 0 radical (unpaired) electrons. The Balaban J connectivity index is 1.80. The molecule has 7 nitrogen and oxygen atoms in total. The molecule has 0 saturated carbocycles. The van der Waals surface area contributed by atoms with E-state index in [-0.39, 0.29) is 36.0 Å². The zero-order valence-corrected chi connectivity index (χ0v) is 16.4. The third-order valence-corrected chi connectivity index (χ3v) is 4.55. The molecule has 0 aliphatic carbocycles. The highest BCUT2D eigenvalue weighted by molar-refractivity contribution is 5.76. The monoisotopic (exact) mass is 418 g/mol. The largest absolute Gasteiger partial charge is 0.493 e. The van der Waals surface area contributed by atoms with Gasteiger partial charge in [-0.2, -0.15) is 13.2 Å². The highest BCUT2D eigenvalue weighted by Crippen LogP contribution is 2.30. The lowest BCUT2D eigenvalue weighted by atomic mass is 10.0. The number of rotatable bonds is 7. The molecule has 1 aliphatic heterocycles. The van der Waals surface area contributed by atoms with Crippen LogP contribution in [0.1, 0.15) is 24.8 Å². The average molecular weight is 418 g/mol. The number of carbonyl (C=O) groups is 2. The molecule has 162 valence electrons. The van der Waals surface area contributed by atoms with Crippen molar-refractivity contribution in [2.24, 2.45) is 0 Å². The van der Waals surface area contributed by atoms with Gasteiger partial charge in [0.25, 0.3) is 0 Å². The summed E-state index contributed by atoms with van der Waals surface area (Å²) in [5.74, 6) is 0.0515. The van der Waals surface area contributed by atoms with Crippen LogP contribution >= 0.6 is 0 Å². The molecule has 0 aromatic heterocycles. The highest BCUT2D eigenvalue weighted by atomic mass is 19.4. The smallest absolute Gasteiger partial charge is 0.422 e. The maximum absolute atomic E-state index is 12.3. The van der Waals surface area contributed by atoms with Gasteiger partial charge >= 0.3 is 12.3 Å². The number of hydrogen-bond acceptors (Lipinski definition) is 5. The predicted molar refractivity (Wildman–Crippen MR) is 98.0 cm³/mol. The van der Waals surface area contributed by atoms with Gasteiger partial charge in [0.05, 0.1) is 14.2 Å². The number of benzene rings is 1. The van der Waals surface area contributed by atoms with Gasteiger partial charge in [-0.1, -0.05) is 6.07 Å². The quantitative estimate of drug-likeness (QED) is 0.737. The topological polar surface area (TPSA) is 77.1 Å². The number of amides is 2. The standard InChI is InChI=1S/C19H25F3N2O5/c1-27-16-11-13(3-5-15(16)29-12-19(20,21)22)4-6-17(25)23-14-7-9-24(10-8-14)18(26)28-2/h3,5,11,14H,4,6-10,12H2,1-2H3,(H,23,25). The second kappa shape index (κ2) is 10.2. The molecule has 1 aromatic carbocycles. The Kier molecular flexibility index (Phi) is 7.98. The fourth-order valence-corrected chi connectivity index (χ4v) is 3.04. The van der Waals surface area contributed by atoms with Gasteiger partial charge < -0.3 is 24.4 Å². The summed E-state index contributed by atoms with van der Waals surface area (Å²) in [6, 6.07) is 4.57. The van der Waals surface area contributed by atoms with Gasteiger partial charge in [0.1, 0.15) is 0 Å². The van der Waals surface area contributed by atoms with Crippen molar-refractivity contribution in [1.82, 2.24) is 10.2 Å². The normalized spacial score (nSPS) is 15.0. The average Bonchev–Trinajstić information content (AvgIpc) is 2.70. The minimum absolute atomic E-state index is 0.00362. The van der Waals surface area contributed by atoms with E-state index >= 15 is 0 Å². The molecule has 0 spiro atoms. The number of ether oxygens (including phenoxy) is 3. The number of aryl methyl sites for hydroxylation is 1. The second-order valence-corrected chi connectivity index (χ2v) is 6.69. The van der Waals surface area contributed by atoms with Crippen molar-refractivity contribution < 1.29 is 37.0 Å². The molecular weight excluding hydrogens is 393 g/mol. The lowest BCUT2D eigenvalue weighted by molar-refractivity contribution is -0.153. The summed E-state index contributed by atoms with van der Waals surface area (Å²) in [6.45, 7) is -0.359. The van der Waals surface area contributed by atoms with Gasteiger partial charge in [-0.25, -0.2) is 4.79 Å². The van der Waals surface area contributed by atoms with E-state index in [2.05, 4.69) is 10.1 Å². The third kappa shape index (κ3) is 7.35. The van der Waals surface area contributed by atoms with E-state index in [1.807, 2.05) is 0 Å². The Bertz CT molecular complexity index is 704. The Labute approximate surface area is 167 Å². The molecule has 1 N–H and O–H groups in total. The molecule has 10 heteroatoms. The maximum atomic E-state index is 12.3. The minimum atomic E-state index is -4.44. The Morgan fingerprint density at radius 3 is 2.45 bits per heavy atom. The van der Waals surface area contributed by atoms with E-state index in [9.17, 15) is 22.8 Å². The van der Waals surface area contributed by atoms with E-state index in [0.717, 1.165) is 5.56 Å². The van der Waals surface area contributed by atoms with Crippen LogP contribution < -0.4 is 14.8 Å². The zero-order chi connectivity index (χ0) is 21.4. The van der Waals surface area contributed by atoms with Crippen molar-refractivity contribution in [3.05, 3.63) is 23.8 Å². The number of nitrogens with one attached hydrogen (secondary N) is 1. The number of carbonyl (C=O) groups excluding carboxylic acids is 2. The second-order valence-electron chi connectivity index (χ2n) is 6.69. The van der Waals surface area contributed by atoms with Gasteiger partial charge in [0.2, 0.25) is 5.91 Å². The van der Waals surface area contributed by atoms with Crippen molar-refractivity contribution in [2.45, 2.75) is 37.9 Å². The molecule has 1 saturated heterocycles. The first-order chi connectivity index (χ1) is 13.7. The lowest BCUT2D eigenvalue weighted by Crippen LogP contribution is -2.46. The van der Waals surface area contributed by atoms with E-state index in [1.165, 1.54) is 20.3 Å². The molecule has 0 bridgehead atoms. The molecule has 2 amide bonds. The van der Waals surface area contributed by atoms with Gasteiger partial charge in [0.15, 0.2) is 18.1 Å². The molecule has 29 heavy (non-hydrogen) atoms. The minimum Gasteiger partial charge on any atom is -0.493 e. The number of piperidine rings is 1. The van der Waals surface area contributed by atoms with Crippen molar-refractivity contribution >= 4 is 12.0 Å². The number of likely N-dealkylation sites (tertiary alicyclic amines) is 1. The van der Waals surface area contributed by atoms with E-state index in [0.29, 0.717) is 32.4 Å². The van der Waals surface area contributed by atoms with Crippen LogP contribution in [0.25, 0.3) is 0 Å². The number of nitrogens with zero attached hydrogens (tertiary/aromatic N) is 1. The van der Waals surface area contributed by atoms with Crippen LogP contribution in [-0.4, -0.2) is 63.0 Å². The molecule has 0 unspecified atom stereocenters. The first kappa shape index (κ1) is 22.6. The Morgan fingerprint density at radius 1 is 1.17 bits per heavy atom. The van der Waals surface area contributed by atoms with Gasteiger partial charge in [0, 0.05) is 25.6 Å². The van der Waals surface area contributed by atoms with Gasteiger partial charge in [-0.05, 0) is 37.0 Å². The van der Waals surface area contributed by atoms with Gasteiger partial charge in [-0.15, -0.1) is 0 Å². The van der Waals surface area contributed by atoms with Crippen LogP contribution in [0.4, 0.5) is 18.0 Å². The van der Waals surface area contributed by atoms with Crippen LogP contribution in [0.2, 0.25) is 0 Å². The fraction of sp³-hybridized carbons (Fsp3) is 0.579. The van der Waals surface area contributed by atoms with Crippen LogP contribution in [-0.2, 0) is 16.0 Å².